The number of anilines is 1. The lowest BCUT2D eigenvalue weighted by atomic mass is 9.88. The third-order valence-electron chi connectivity index (χ3n) is 5.72. The lowest BCUT2D eigenvalue weighted by Gasteiger charge is -2.39. The number of thiophene rings is 1. The van der Waals surface area contributed by atoms with Crippen molar-refractivity contribution in [2.75, 3.05) is 19.0 Å². The normalized spacial score (nSPS) is 18.4. The van der Waals surface area contributed by atoms with E-state index in [4.69, 9.17) is 4.74 Å². The Balaban J connectivity index is 1.49. The lowest BCUT2D eigenvalue weighted by Crippen LogP contribution is -2.46. The maximum absolute atomic E-state index is 13.2. The van der Waals surface area contributed by atoms with Crippen LogP contribution in [0.2, 0.25) is 0 Å². The fourth-order valence-electron chi connectivity index (χ4n) is 4.06. The molecule has 1 fully saturated rings. The maximum Gasteiger partial charge on any atom is 0.229 e. The van der Waals surface area contributed by atoms with E-state index in [1.807, 2.05) is 64.9 Å². The summed E-state index contributed by atoms with van der Waals surface area (Å²) < 4.78 is 5.17. The van der Waals surface area contributed by atoms with E-state index in [0.717, 1.165) is 34.7 Å². The summed E-state index contributed by atoms with van der Waals surface area (Å²) in [6.07, 6.45) is 1.87. The molecule has 2 heterocycles. The summed E-state index contributed by atoms with van der Waals surface area (Å²) in [5.74, 6) is 0.518. The molecule has 1 saturated heterocycles. The first kappa shape index (κ1) is 21.1. The summed E-state index contributed by atoms with van der Waals surface area (Å²) in [6.45, 7) is 0.422. The number of amides is 2. The van der Waals surface area contributed by atoms with E-state index in [0.29, 0.717) is 13.0 Å². The van der Waals surface area contributed by atoms with Crippen molar-refractivity contribution in [3.05, 3.63) is 82.6 Å². The Labute approximate surface area is 186 Å². The Morgan fingerprint density at radius 2 is 1.81 bits per heavy atom. The minimum atomic E-state index is -0.241. The highest BCUT2D eigenvalue weighted by Crippen LogP contribution is 2.34. The summed E-state index contributed by atoms with van der Waals surface area (Å²) in [5, 5.41) is 4.98. The van der Waals surface area contributed by atoms with Crippen molar-refractivity contribution in [1.82, 2.24) is 4.90 Å². The number of likely N-dealkylation sites (tertiary alicyclic amines) is 1. The van der Waals surface area contributed by atoms with Crippen molar-refractivity contribution in [3.63, 3.8) is 0 Å². The first-order chi connectivity index (χ1) is 15.1. The van der Waals surface area contributed by atoms with E-state index in [-0.39, 0.29) is 23.8 Å². The highest BCUT2D eigenvalue weighted by molar-refractivity contribution is 7.10. The second-order valence-electron chi connectivity index (χ2n) is 7.72. The molecule has 1 N–H and O–H groups in total. The molecule has 3 aromatic rings. The molecule has 1 aliphatic rings. The van der Waals surface area contributed by atoms with Crippen LogP contribution in [-0.2, 0) is 16.0 Å². The zero-order valence-electron chi connectivity index (χ0n) is 17.5. The van der Waals surface area contributed by atoms with Gasteiger partial charge >= 0.3 is 0 Å². The monoisotopic (exact) mass is 434 g/mol. The molecule has 5 nitrogen and oxygen atoms in total. The minimum absolute atomic E-state index is 0.00120. The number of piperidine rings is 1. The number of hydrogen-bond acceptors (Lipinski definition) is 4. The molecule has 2 unspecified atom stereocenters. The van der Waals surface area contributed by atoms with Crippen LogP contribution in [0.1, 0.15) is 29.3 Å². The zero-order chi connectivity index (χ0) is 21.6. The molecule has 0 spiro atoms. The van der Waals surface area contributed by atoms with Crippen LogP contribution in [0, 0.1) is 5.92 Å². The van der Waals surface area contributed by atoms with Crippen LogP contribution < -0.4 is 10.1 Å². The van der Waals surface area contributed by atoms with Gasteiger partial charge in [0.05, 0.1) is 25.5 Å². The molecular weight excluding hydrogens is 408 g/mol. The van der Waals surface area contributed by atoms with Crippen molar-refractivity contribution < 1.29 is 14.3 Å². The number of nitrogens with zero attached hydrogens (tertiary/aromatic N) is 1. The molecule has 0 radical (unpaired) electrons. The van der Waals surface area contributed by atoms with Crippen LogP contribution in [0.25, 0.3) is 0 Å². The summed E-state index contributed by atoms with van der Waals surface area (Å²) >= 11 is 1.59. The Morgan fingerprint density at radius 3 is 2.48 bits per heavy atom. The fraction of sp³-hybridized carbons (Fsp3) is 0.280. The summed E-state index contributed by atoms with van der Waals surface area (Å²) in [4.78, 5) is 29.1. The second-order valence-corrected chi connectivity index (χ2v) is 8.75. The predicted molar refractivity (Wildman–Crippen MR) is 123 cm³/mol. The predicted octanol–water partition coefficient (Wildman–Crippen LogP) is 4.92. The van der Waals surface area contributed by atoms with E-state index in [1.165, 1.54) is 0 Å². The van der Waals surface area contributed by atoms with Gasteiger partial charge in [0.15, 0.2) is 0 Å². The van der Waals surface area contributed by atoms with Gasteiger partial charge in [0, 0.05) is 17.1 Å². The molecule has 2 atom stereocenters. The molecule has 1 aromatic heterocycles. The van der Waals surface area contributed by atoms with E-state index < -0.39 is 0 Å². The van der Waals surface area contributed by atoms with Gasteiger partial charge in [-0.15, -0.1) is 11.3 Å². The Kier molecular flexibility index (Phi) is 6.67. The van der Waals surface area contributed by atoms with Crippen molar-refractivity contribution in [2.24, 2.45) is 5.92 Å². The third kappa shape index (κ3) is 5.14. The van der Waals surface area contributed by atoms with Gasteiger partial charge in [0.25, 0.3) is 0 Å². The van der Waals surface area contributed by atoms with E-state index >= 15 is 0 Å². The molecule has 0 saturated carbocycles. The molecule has 0 bridgehead atoms. The van der Waals surface area contributed by atoms with E-state index in [1.54, 1.807) is 18.4 Å². The molecule has 31 heavy (non-hydrogen) atoms. The zero-order valence-corrected chi connectivity index (χ0v) is 18.3. The van der Waals surface area contributed by atoms with Crippen molar-refractivity contribution in [3.8, 4) is 5.75 Å². The average molecular weight is 435 g/mol. The van der Waals surface area contributed by atoms with Crippen LogP contribution in [-0.4, -0.2) is 30.4 Å². The molecular formula is C25H26N2O3S. The summed E-state index contributed by atoms with van der Waals surface area (Å²) in [7, 11) is 1.61. The summed E-state index contributed by atoms with van der Waals surface area (Å²) in [6, 6.07) is 21.3. The fourth-order valence-corrected chi connectivity index (χ4v) is 4.76. The summed E-state index contributed by atoms with van der Waals surface area (Å²) in [5.41, 5.74) is 1.85. The topological polar surface area (TPSA) is 58.6 Å². The molecule has 4 rings (SSSR count). The molecule has 160 valence electrons. The molecule has 6 heteroatoms. The lowest BCUT2D eigenvalue weighted by molar-refractivity contribution is -0.137. The smallest absolute Gasteiger partial charge is 0.229 e. The molecule has 0 aliphatic carbocycles. The van der Waals surface area contributed by atoms with Gasteiger partial charge in [0.1, 0.15) is 5.75 Å². The van der Waals surface area contributed by atoms with Crippen molar-refractivity contribution >= 4 is 28.8 Å². The Bertz CT molecular complexity index is 1000. The second kappa shape index (κ2) is 9.79. The maximum atomic E-state index is 13.2. The molecule has 1 aliphatic heterocycles. The van der Waals surface area contributed by atoms with Crippen LogP contribution in [0.5, 0.6) is 5.75 Å². The highest BCUT2D eigenvalue weighted by Gasteiger charge is 2.35. The molecule has 2 aromatic carbocycles. The first-order valence-electron chi connectivity index (χ1n) is 10.5. The van der Waals surface area contributed by atoms with Crippen LogP contribution in [0.15, 0.2) is 72.1 Å². The first-order valence-corrected chi connectivity index (χ1v) is 11.3. The number of rotatable bonds is 6. The average Bonchev–Trinajstić information content (AvgIpc) is 3.32. The third-order valence-corrected chi connectivity index (χ3v) is 6.60. The minimum Gasteiger partial charge on any atom is -0.497 e. The van der Waals surface area contributed by atoms with Gasteiger partial charge in [0.2, 0.25) is 11.8 Å². The Morgan fingerprint density at radius 1 is 1.03 bits per heavy atom. The SMILES string of the molecule is COc1ccc(NC(=O)C2CCC(c3ccccc3)N(C(=O)Cc3cccs3)C2)cc1. The van der Waals surface area contributed by atoms with Gasteiger partial charge in [-0.3, -0.25) is 9.59 Å². The number of methoxy groups -OCH3 is 1. The van der Waals surface area contributed by atoms with E-state index in [9.17, 15) is 9.59 Å². The number of benzene rings is 2. The standard InChI is InChI=1S/C25H26N2O3S/c1-30-21-12-10-20(11-13-21)26-25(29)19-9-14-23(18-6-3-2-4-7-18)27(17-19)24(28)16-22-8-5-15-31-22/h2-8,10-13,15,19,23H,9,14,16-17H2,1H3,(H,26,29). The number of carbonyl (C=O) groups is 2. The quantitative estimate of drug-likeness (QED) is 0.599. The van der Waals surface area contributed by atoms with E-state index in [2.05, 4.69) is 17.4 Å². The Hall–Kier alpha value is -3.12. The molecule has 2 amide bonds. The number of ether oxygens (including phenoxy) is 1. The highest BCUT2D eigenvalue weighted by atomic mass is 32.1. The number of hydrogen-bond donors (Lipinski definition) is 1. The van der Waals surface area contributed by atoms with Crippen LogP contribution >= 0.6 is 11.3 Å². The van der Waals surface area contributed by atoms with Gasteiger partial charge in [-0.25, -0.2) is 0 Å². The number of nitrogens with one attached hydrogen (secondary N) is 1. The number of carbonyl (C=O) groups excluding carboxylic acids is 2. The van der Waals surface area contributed by atoms with Crippen LogP contribution in [0.3, 0.4) is 0 Å². The van der Waals surface area contributed by atoms with Gasteiger partial charge in [-0.05, 0) is 54.1 Å². The van der Waals surface area contributed by atoms with Crippen molar-refractivity contribution in [2.45, 2.75) is 25.3 Å². The van der Waals surface area contributed by atoms with Gasteiger partial charge in [-0.1, -0.05) is 36.4 Å². The largest absolute Gasteiger partial charge is 0.497 e. The van der Waals surface area contributed by atoms with Gasteiger partial charge in [-0.2, -0.15) is 0 Å². The van der Waals surface area contributed by atoms with Gasteiger partial charge < -0.3 is 15.0 Å². The van der Waals surface area contributed by atoms with Crippen molar-refractivity contribution in [1.29, 1.82) is 0 Å². The van der Waals surface area contributed by atoms with Crippen LogP contribution in [0.4, 0.5) is 5.69 Å².